The summed E-state index contributed by atoms with van der Waals surface area (Å²) in [5.41, 5.74) is 1.33. The minimum atomic E-state index is -0.591. The zero-order valence-electron chi connectivity index (χ0n) is 12.0. The Bertz CT molecular complexity index is 271. The van der Waals surface area contributed by atoms with Crippen molar-refractivity contribution in [1.29, 1.82) is 0 Å². The number of ketones is 1. The molecule has 0 aromatic carbocycles. The van der Waals surface area contributed by atoms with Gasteiger partial charge in [-0.25, -0.2) is 0 Å². The Balaban J connectivity index is 4.45. The molecule has 0 fully saturated rings. The van der Waals surface area contributed by atoms with E-state index < -0.39 is 12.1 Å². The van der Waals surface area contributed by atoms with Gasteiger partial charge >= 0.3 is 0 Å². The normalized spacial score (nSPS) is 18.0. The SMILES string of the molecule is C/C=C(/C)CC[C@@H](C)[C@@H](O)[C@@H](C(C)=O)N(C)C. The molecule has 0 aliphatic heterocycles. The lowest BCUT2D eigenvalue weighted by molar-refractivity contribution is -0.126. The summed E-state index contributed by atoms with van der Waals surface area (Å²) < 4.78 is 0. The number of carbonyl (C=O) groups is 1. The number of carbonyl (C=O) groups excluding carboxylic acids is 1. The van der Waals surface area contributed by atoms with Crippen molar-refractivity contribution >= 4 is 5.78 Å². The quantitative estimate of drug-likeness (QED) is 0.695. The van der Waals surface area contributed by atoms with Gasteiger partial charge in [0.25, 0.3) is 0 Å². The summed E-state index contributed by atoms with van der Waals surface area (Å²) in [6, 6.07) is -0.393. The third-order valence-electron chi connectivity index (χ3n) is 3.37. The Morgan fingerprint density at radius 3 is 2.24 bits per heavy atom. The van der Waals surface area contributed by atoms with E-state index in [1.165, 1.54) is 12.5 Å². The molecule has 0 aliphatic rings. The maximum atomic E-state index is 11.5. The zero-order valence-corrected chi connectivity index (χ0v) is 12.0. The number of hydrogen-bond acceptors (Lipinski definition) is 3. The first kappa shape index (κ1) is 16.3. The van der Waals surface area contributed by atoms with E-state index in [9.17, 15) is 9.90 Å². The van der Waals surface area contributed by atoms with Crippen LogP contribution in [0.3, 0.4) is 0 Å². The molecular weight excluding hydrogens is 214 g/mol. The second-order valence-corrected chi connectivity index (χ2v) is 5.16. The number of allylic oxidation sites excluding steroid dienone is 2. The molecule has 0 rings (SSSR count). The maximum Gasteiger partial charge on any atom is 0.149 e. The number of nitrogens with zero attached hydrogens (tertiary/aromatic N) is 1. The number of aliphatic hydroxyl groups excluding tert-OH is 1. The van der Waals surface area contributed by atoms with Crippen LogP contribution in [-0.2, 0) is 4.79 Å². The van der Waals surface area contributed by atoms with Gasteiger partial charge in [0.1, 0.15) is 5.78 Å². The van der Waals surface area contributed by atoms with Gasteiger partial charge in [0.15, 0.2) is 0 Å². The summed E-state index contributed by atoms with van der Waals surface area (Å²) in [4.78, 5) is 13.3. The van der Waals surface area contributed by atoms with Gasteiger partial charge in [-0.15, -0.1) is 0 Å². The van der Waals surface area contributed by atoms with Crippen LogP contribution in [0.1, 0.15) is 40.5 Å². The topological polar surface area (TPSA) is 40.5 Å². The lowest BCUT2D eigenvalue weighted by atomic mass is 9.90. The molecule has 3 atom stereocenters. The van der Waals surface area contributed by atoms with E-state index in [2.05, 4.69) is 13.0 Å². The molecule has 0 aliphatic carbocycles. The highest BCUT2D eigenvalue weighted by atomic mass is 16.3. The minimum absolute atomic E-state index is 0.0251. The summed E-state index contributed by atoms with van der Waals surface area (Å²) in [6.07, 6.45) is 3.39. The largest absolute Gasteiger partial charge is 0.391 e. The highest BCUT2D eigenvalue weighted by Gasteiger charge is 2.29. The molecule has 0 amide bonds. The van der Waals surface area contributed by atoms with Gasteiger partial charge < -0.3 is 5.11 Å². The van der Waals surface area contributed by atoms with Gasteiger partial charge in [0, 0.05) is 0 Å². The molecule has 0 radical (unpaired) electrons. The molecule has 17 heavy (non-hydrogen) atoms. The van der Waals surface area contributed by atoms with Crippen molar-refractivity contribution in [3.63, 3.8) is 0 Å². The monoisotopic (exact) mass is 241 g/mol. The number of hydrogen-bond donors (Lipinski definition) is 1. The van der Waals surface area contributed by atoms with Gasteiger partial charge in [-0.05, 0) is 53.6 Å². The van der Waals surface area contributed by atoms with Gasteiger partial charge in [0.05, 0.1) is 12.1 Å². The van der Waals surface area contributed by atoms with Crippen LogP contribution in [0.25, 0.3) is 0 Å². The zero-order chi connectivity index (χ0) is 13.6. The Hall–Kier alpha value is -0.670. The van der Waals surface area contributed by atoms with Crippen molar-refractivity contribution in [2.24, 2.45) is 5.92 Å². The Kier molecular flexibility index (Phi) is 7.32. The molecule has 0 bridgehead atoms. The smallest absolute Gasteiger partial charge is 0.149 e. The van der Waals surface area contributed by atoms with Crippen LogP contribution in [0.15, 0.2) is 11.6 Å². The standard InChI is InChI=1S/C14H27NO2/c1-7-10(2)8-9-11(3)14(17)13(12(4)16)15(5)6/h7,11,13-14,17H,8-9H2,1-6H3/b10-7-/t11-,13-,14-/m1/s1. The fraction of sp³-hybridized carbons (Fsp3) is 0.786. The molecular formula is C14H27NO2. The van der Waals surface area contributed by atoms with Crippen LogP contribution in [-0.4, -0.2) is 42.0 Å². The van der Waals surface area contributed by atoms with Crippen molar-refractivity contribution in [3.05, 3.63) is 11.6 Å². The van der Waals surface area contributed by atoms with Gasteiger partial charge in [0.2, 0.25) is 0 Å². The Labute approximate surface area is 106 Å². The molecule has 0 spiro atoms. The van der Waals surface area contributed by atoms with Crippen LogP contribution in [0.4, 0.5) is 0 Å². The van der Waals surface area contributed by atoms with E-state index >= 15 is 0 Å². The fourth-order valence-corrected chi connectivity index (χ4v) is 1.99. The fourth-order valence-electron chi connectivity index (χ4n) is 1.99. The van der Waals surface area contributed by atoms with Gasteiger partial charge in [-0.3, -0.25) is 9.69 Å². The average Bonchev–Trinajstić information content (AvgIpc) is 2.23. The summed E-state index contributed by atoms with van der Waals surface area (Å²) >= 11 is 0. The van der Waals surface area contributed by atoms with Crippen LogP contribution in [0.2, 0.25) is 0 Å². The van der Waals surface area contributed by atoms with E-state index in [1.54, 1.807) is 4.90 Å². The third kappa shape index (κ3) is 5.46. The van der Waals surface area contributed by atoms with E-state index in [1.807, 2.05) is 27.9 Å². The van der Waals surface area contributed by atoms with E-state index in [0.29, 0.717) is 0 Å². The second kappa shape index (κ2) is 7.62. The number of Topliss-reactive ketones (excluding diaryl/α,β-unsaturated/α-hetero) is 1. The molecule has 0 aromatic rings. The van der Waals surface area contributed by atoms with E-state index in [0.717, 1.165) is 12.8 Å². The Morgan fingerprint density at radius 1 is 1.35 bits per heavy atom. The molecule has 0 aromatic heterocycles. The first-order valence-electron chi connectivity index (χ1n) is 6.28. The van der Waals surface area contributed by atoms with E-state index in [-0.39, 0.29) is 11.7 Å². The summed E-state index contributed by atoms with van der Waals surface area (Å²) in [6.45, 7) is 7.66. The van der Waals surface area contributed by atoms with Gasteiger partial charge in [-0.2, -0.15) is 0 Å². The Morgan fingerprint density at radius 2 is 1.88 bits per heavy atom. The minimum Gasteiger partial charge on any atom is -0.391 e. The van der Waals surface area contributed by atoms with Crippen molar-refractivity contribution in [1.82, 2.24) is 4.90 Å². The number of likely N-dealkylation sites (N-methyl/N-ethyl adjacent to an activating group) is 1. The van der Waals surface area contributed by atoms with Gasteiger partial charge in [-0.1, -0.05) is 18.6 Å². The predicted octanol–water partition coefficient (Wildman–Crippen LogP) is 2.25. The molecule has 3 heteroatoms. The number of rotatable bonds is 7. The van der Waals surface area contributed by atoms with Crippen molar-refractivity contribution in [2.75, 3.05) is 14.1 Å². The lowest BCUT2D eigenvalue weighted by Crippen LogP contribution is -2.47. The molecule has 0 saturated carbocycles. The highest BCUT2D eigenvalue weighted by molar-refractivity contribution is 5.82. The average molecular weight is 241 g/mol. The van der Waals surface area contributed by atoms with Crippen molar-refractivity contribution in [2.45, 2.75) is 52.7 Å². The van der Waals surface area contributed by atoms with Crippen molar-refractivity contribution in [3.8, 4) is 0 Å². The number of aliphatic hydroxyl groups is 1. The van der Waals surface area contributed by atoms with E-state index in [4.69, 9.17) is 0 Å². The van der Waals surface area contributed by atoms with Crippen molar-refractivity contribution < 1.29 is 9.90 Å². The van der Waals surface area contributed by atoms with Crippen LogP contribution >= 0.6 is 0 Å². The van der Waals surface area contributed by atoms with Crippen LogP contribution < -0.4 is 0 Å². The summed E-state index contributed by atoms with van der Waals surface area (Å²) in [5, 5.41) is 10.2. The van der Waals surface area contributed by atoms with Crippen LogP contribution in [0, 0.1) is 5.92 Å². The molecule has 100 valence electrons. The molecule has 0 unspecified atom stereocenters. The van der Waals surface area contributed by atoms with Crippen LogP contribution in [0.5, 0.6) is 0 Å². The highest BCUT2D eigenvalue weighted by Crippen LogP contribution is 2.19. The maximum absolute atomic E-state index is 11.5. The summed E-state index contributed by atoms with van der Waals surface area (Å²) in [7, 11) is 3.67. The summed E-state index contributed by atoms with van der Waals surface area (Å²) in [5.74, 6) is 0.151. The lowest BCUT2D eigenvalue weighted by Gasteiger charge is -2.30. The molecule has 0 heterocycles. The molecule has 3 nitrogen and oxygen atoms in total. The first-order valence-corrected chi connectivity index (χ1v) is 6.28. The second-order valence-electron chi connectivity index (χ2n) is 5.16. The molecule has 0 saturated heterocycles. The molecule has 1 N–H and O–H groups in total. The first-order chi connectivity index (χ1) is 7.81. The predicted molar refractivity (Wildman–Crippen MR) is 72.0 cm³/mol. The third-order valence-corrected chi connectivity index (χ3v) is 3.37.